The summed E-state index contributed by atoms with van der Waals surface area (Å²) in [5.41, 5.74) is 2.64. The SMILES string of the molecule is Cc1ccc(NC(=O)C(=O)NCC2CCN(C(=O)COc3ccccc3)CC2)c(C)c1. The largest absolute Gasteiger partial charge is 0.484 e. The molecule has 0 radical (unpaired) electrons. The van der Waals surface area contributed by atoms with Crippen LogP contribution in [0.4, 0.5) is 5.69 Å². The number of likely N-dealkylation sites (tertiary alicyclic amines) is 1. The number of hydrogen-bond acceptors (Lipinski definition) is 4. The van der Waals surface area contributed by atoms with Gasteiger partial charge in [0.15, 0.2) is 6.61 Å². The molecule has 0 unspecified atom stereocenters. The van der Waals surface area contributed by atoms with Gasteiger partial charge in [-0.2, -0.15) is 0 Å². The Bertz CT molecular complexity index is 922. The first-order valence-electron chi connectivity index (χ1n) is 10.5. The maximum absolute atomic E-state index is 12.3. The summed E-state index contributed by atoms with van der Waals surface area (Å²) in [6.45, 7) is 5.53. The van der Waals surface area contributed by atoms with Crippen LogP contribution in [0.3, 0.4) is 0 Å². The van der Waals surface area contributed by atoms with E-state index in [1.807, 2.05) is 56.3 Å². The van der Waals surface area contributed by atoms with Crippen LogP contribution in [0.5, 0.6) is 5.75 Å². The molecule has 164 valence electrons. The van der Waals surface area contributed by atoms with E-state index in [1.165, 1.54) is 0 Å². The monoisotopic (exact) mass is 423 g/mol. The molecular weight excluding hydrogens is 394 g/mol. The predicted molar refractivity (Wildman–Crippen MR) is 119 cm³/mol. The van der Waals surface area contributed by atoms with Gasteiger partial charge in [0.25, 0.3) is 5.91 Å². The van der Waals surface area contributed by atoms with Crippen molar-refractivity contribution in [3.63, 3.8) is 0 Å². The second kappa shape index (κ2) is 10.6. The third-order valence-corrected chi connectivity index (χ3v) is 5.46. The van der Waals surface area contributed by atoms with Crippen molar-refractivity contribution < 1.29 is 19.1 Å². The van der Waals surface area contributed by atoms with Gasteiger partial charge >= 0.3 is 11.8 Å². The Kier molecular flexibility index (Phi) is 7.65. The Balaban J connectivity index is 1.37. The number of piperidine rings is 1. The van der Waals surface area contributed by atoms with Crippen LogP contribution in [-0.4, -0.2) is 48.9 Å². The Morgan fingerprint density at radius 3 is 2.39 bits per heavy atom. The van der Waals surface area contributed by atoms with Crippen LogP contribution < -0.4 is 15.4 Å². The fourth-order valence-corrected chi connectivity index (χ4v) is 3.59. The van der Waals surface area contributed by atoms with Crippen LogP contribution in [-0.2, 0) is 14.4 Å². The van der Waals surface area contributed by atoms with Crippen LogP contribution >= 0.6 is 0 Å². The number of para-hydroxylation sites is 1. The summed E-state index contributed by atoms with van der Waals surface area (Å²) in [6, 6.07) is 14.9. The molecule has 31 heavy (non-hydrogen) atoms. The quantitative estimate of drug-likeness (QED) is 0.700. The summed E-state index contributed by atoms with van der Waals surface area (Å²) < 4.78 is 5.52. The number of ether oxygens (including phenoxy) is 1. The molecule has 7 heteroatoms. The van der Waals surface area contributed by atoms with Gasteiger partial charge in [-0.05, 0) is 56.4 Å². The minimum atomic E-state index is -0.669. The van der Waals surface area contributed by atoms with Crippen LogP contribution in [0.15, 0.2) is 48.5 Å². The standard InChI is InChI=1S/C24H29N3O4/c1-17-8-9-21(18(2)14-17)26-24(30)23(29)25-15-19-10-12-27(13-11-19)22(28)16-31-20-6-4-3-5-7-20/h3-9,14,19H,10-13,15-16H2,1-2H3,(H,25,29)(H,26,30). The first-order chi connectivity index (χ1) is 14.9. The molecule has 3 amide bonds. The molecule has 1 heterocycles. The van der Waals surface area contributed by atoms with Crippen molar-refractivity contribution >= 4 is 23.4 Å². The minimum Gasteiger partial charge on any atom is -0.484 e. The van der Waals surface area contributed by atoms with Gasteiger partial charge in [0, 0.05) is 25.3 Å². The molecule has 0 aromatic heterocycles. The van der Waals surface area contributed by atoms with Crippen LogP contribution in [0.25, 0.3) is 0 Å². The summed E-state index contributed by atoms with van der Waals surface area (Å²) >= 11 is 0. The van der Waals surface area contributed by atoms with E-state index < -0.39 is 11.8 Å². The number of carbonyl (C=O) groups is 3. The van der Waals surface area contributed by atoms with E-state index in [9.17, 15) is 14.4 Å². The number of carbonyl (C=O) groups excluding carboxylic acids is 3. The molecule has 1 fully saturated rings. The molecule has 1 saturated heterocycles. The first kappa shape index (κ1) is 22.3. The number of benzene rings is 2. The minimum absolute atomic E-state index is 0.0179. The maximum atomic E-state index is 12.3. The van der Waals surface area contributed by atoms with E-state index >= 15 is 0 Å². The van der Waals surface area contributed by atoms with Crippen molar-refractivity contribution in [2.75, 3.05) is 31.6 Å². The Morgan fingerprint density at radius 1 is 1.00 bits per heavy atom. The van der Waals surface area contributed by atoms with Gasteiger partial charge in [0.05, 0.1) is 0 Å². The Morgan fingerprint density at radius 2 is 1.71 bits per heavy atom. The zero-order valence-electron chi connectivity index (χ0n) is 18.0. The van der Waals surface area contributed by atoms with Crippen molar-refractivity contribution in [3.05, 3.63) is 59.7 Å². The summed E-state index contributed by atoms with van der Waals surface area (Å²) in [4.78, 5) is 38.4. The first-order valence-corrected chi connectivity index (χ1v) is 10.5. The lowest BCUT2D eigenvalue weighted by molar-refractivity contribution is -0.136. The molecule has 2 aromatic carbocycles. The maximum Gasteiger partial charge on any atom is 0.313 e. The van der Waals surface area contributed by atoms with E-state index in [1.54, 1.807) is 11.0 Å². The molecule has 0 aliphatic carbocycles. The van der Waals surface area contributed by atoms with E-state index in [0.29, 0.717) is 31.1 Å². The van der Waals surface area contributed by atoms with Crippen molar-refractivity contribution in [3.8, 4) is 5.75 Å². The number of amides is 3. The van der Waals surface area contributed by atoms with Crippen LogP contribution in [0.1, 0.15) is 24.0 Å². The van der Waals surface area contributed by atoms with Gasteiger partial charge < -0.3 is 20.3 Å². The summed E-state index contributed by atoms with van der Waals surface area (Å²) in [7, 11) is 0. The van der Waals surface area contributed by atoms with Crippen LogP contribution in [0, 0.1) is 19.8 Å². The summed E-state index contributed by atoms with van der Waals surface area (Å²) in [5, 5.41) is 5.37. The molecule has 0 saturated carbocycles. The zero-order valence-corrected chi connectivity index (χ0v) is 18.0. The fraction of sp³-hybridized carbons (Fsp3) is 0.375. The highest BCUT2D eigenvalue weighted by Gasteiger charge is 2.24. The highest BCUT2D eigenvalue weighted by atomic mass is 16.5. The second-order valence-electron chi connectivity index (χ2n) is 7.91. The topological polar surface area (TPSA) is 87.7 Å². The molecule has 1 aliphatic heterocycles. The number of rotatable bonds is 6. The summed E-state index contributed by atoms with van der Waals surface area (Å²) in [5.74, 6) is -0.448. The van der Waals surface area contributed by atoms with Crippen molar-refractivity contribution in [1.29, 1.82) is 0 Å². The van der Waals surface area contributed by atoms with Gasteiger partial charge in [-0.25, -0.2) is 0 Å². The average molecular weight is 424 g/mol. The third kappa shape index (κ3) is 6.57. The predicted octanol–water partition coefficient (Wildman–Crippen LogP) is 2.68. The lowest BCUT2D eigenvalue weighted by Crippen LogP contribution is -2.44. The van der Waals surface area contributed by atoms with Crippen LogP contribution in [0.2, 0.25) is 0 Å². The van der Waals surface area contributed by atoms with Gasteiger partial charge in [-0.3, -0.25) is 14.4 Å². The van der Waals surface area contributed by atoms with E-state index in [-0.39, 0.29) is 18.4 Å². The highest BCUT2D eigenvalue weighted by molar-refractivity contribution is 6.39. The van der Waals surface area contributed by atoms with Gasteiger partial charge in [-0.15, -0.1) is 0 Å². The highest BCUT2D eigenvalue weighted by Crippen LogP contribution is 2.18. The number of hydrogen-bond donors (Lipinski definition) is 2. The lowest BCUT2D eigenvalue weighted by atomic mass is 9.96. The van der Waals surface area contributed by atoms with Gasteiger partial charge in [-0.1, -0.05) is 35.9 Å². The third-order valence-electron chi connectivity index (χ3n) is 5.46. The number of aryl methyl sites for hydroxylation is 2. The number of anilines is 1. The molecule has 2 N–H and O–H groups in total. The molecule has 0 spiro atoms. The molecule has 0 atom stereocenters. The smallest absolute Gasteiger partial charge is 0.313 e. The second-order valence-corrected chi connectivity index (χ2v) is 7.91. The summed E-state index contributed by atoms with van der Waals surface area (Å²) in [6.07, 6.45) is 1.55. The molecule has 7 nitrogen and oxygen atoms in total. The number of nitrogens with one attached hydrogen (secondary N) is 2. The Hall–Kier alpha value is -3.35. The van der Waals surface area contributed by atoms with Crippen molar-refractivity contribution in [2.45, 2.75) is 26.7 Å². The van der Waals surface area contributed by atoms with Gasteiger partial charge in [0.1, 0.15) is 5.75 Å². The number of nitrogens with zero attached hydrogens (tertiary/aromatic N) is 1. The average Bonchev–Trinajstić information content (AvgIpc) is 2.78. The van der Waals surface area contributed by atoms with Gasteiger partial charge in [0.2, 0.25) is 0 Å². The molecular formula is C24H29N3O4. The zero-order chi connectivity index (χ0) is 22.2. The van der Waals surface area contributed by atoms with E-state index in [4.69, 9.17) is 4.74 Å². The van der Waals surface area contributed by atoms with E-state index in [2.05, 4.69) is 10.6 Å². The van der Waals surface area contributed by atoms with Crippen molar-refractivity contribution in [1.82, 2.24) is 10.2 Å². The fourth-order valence-electron chi connectivity index (χ4n) is 3.59. The normalized spacial score (nSPS) is 14.1. The molecule has 1 aliphatic rings. The van der Waals surface area contributed by atoms with E-state index in [0.717, 1.165) is 24.0 Å². The van der Waals surface area contributed by atoms with Crippen molar-refractivity contribution in [2.24, 2.45) is 5.92 Å². The Labute approximate surface area is 182 Å². The molecule has 2 aromatic rings. The molecule has 3 rings (SSSR count). The molecule has 0 bridgehead atoms. The lowest BCUT2D eigenvalue weighted by Gasteiger charge is -2.32.